The molecule has 0 N–H and O–H groups in total. The van der Waals surface area contributed by atoms with Crippen LogP contribution in [-0.2, 0) is 9.53 Å². The van der Waals surface area contributed by atoms with Crippen molar-refractivity contribution in [3.8, 4) is 5.75 Å². The van der Waals surface area contributed by atoms with E-state index in [2.05, 4.69) is 4.98 Å². The molecule has 2 saturated heterocycles. The van der Waals surface area contributed by atoms with Gasteiger partial charge in [-0.25, -0.2) is 4.98 Å². The van der Waals surface area contributed by atoms with Crippen molar-refractivity contribution in [3.05, 3.63) is 44.9 Å². The van der Waals surface area contributed by atoms with E-state index >= 15 is 0 Å². The molecule has 0 saturated carbocycles. The van der Waals surface area contributed by atoms with Gasteiger partial charge in [-0.15, -0.1) is 11.3 Å². The van der Waals surface area contributed by atoms with Gasteiger partial charge in [-0.1, -0.05) is 17.7 Å². The fraction of sp³-hybridized carbons (Fsp3) is 0.542. The number of halogens is 1. The van der Waals surface area contributed by atoms with Crippen molar-refractivity contribution in [2.24, 2.45) is 5.41 Å². The smallest absolute Gasteiger partial charge is 0.265 e. The highest BCUT2D eigenvalue weighted by atomic mass is 35.5. The molecule has 178 valence electrons. The number of likely N-dealkylation sites (tertiary alicyclic amines) is 1. The summed E-state index contributed by atoms with van der Waals surface area (Å²) in [5.74, 6) is 0.744. The molecule has 2 fully saturated rings. The van der Waals surface area contributed by atoms with Crippen LogP contribution in [0.15, 0.2) is 24.3 Å². The van der Waals surface area contributed by atoms with Gasteiger partial charge in [0.25, 0.3) is 5.91 Å². The number of hydrogen-bond acceptors (Lipinski definition) is 6. The molecule has 2 aliphatic heterocycles. The van der Waals surface area contributed by atoms with E-state index in [1.807, 2.05) is 35.8 Å². The lowest BCUT2D eigenvalue weighted by molar-refractivity contribution is -0.139. The van der Waals surface area contributed by atoms with Crippen molar-refractivity contribution in [3.63, 3.8) is 0 Å². The Morgan fingerprint density at radius 3 is 2.70 bits per heavy atom. The van der Waals surface area contributed by atoms with Gasteiger partial charge in [-0.2, -0.15) is 0 Å². The van der Waals surface area contributed by atoms with Crippen molar-refractivity contribution in [2.75, 3.05) is 46.0 Å². The summed E-state index contributed by atoms with van der Waals surface area (Å²) in [5.41, 5.74) is 0.289. The third-order valence-electron chi connectivity index (χ3n) is 6.28. The van der Waals surface area contributed by atoms with Crippen LogP contribution in [0.4, 0.5) is 0 Å². The number of carbonyl (C=O) groups is 2. The first-order valence-electron chi connectivity index (χ1n) is 11.3. The minimum absolute atomic E-state index is 0.0104. The zero-order chi connectivity index (χ0) is 23.4. The van der Waals surface area contributed by atoms with Crippen LogP contribution in [0, 0.1) is 19.3 Å². The van der Waals surface area contributed by atoms with Crippen LogP contribution in [-0.4, -0.2) is 72.6 Å². The van der Waals surface area contributed by atoms with Gasteiger partial charge in [0, 0.05) is 43.0 Å². The summed E-state index contributed by atoms with van der Waals surface area (Å²) in [7, 11) is 0. The van der Waals surface area contributed by atoms with Crippen LogP contribution in [0.5, 0.6) is 5.75 Å². The second kappa shape index (κ2) is 10.4. The van der Waals surface area contributed by atoms with Gasteiger partial charge in [0.05, 0.1) is 30.5 Å². The number of thiazole rings is 1. The van der Waals surface area contributed by atoms with Gasteiger partial charge < -0.3 is 19.3 Å². The molecule has 0 radical (unpaired) electrons. The maximum atomic E-state index is 13.4. The molecule has 1 atom stereocenters. The second-order valence-electron chi connectivity index (χ2n) is 8.89. The molecule has 3 heterocycles. The van der Waals surface area contributed by atoms with Gasteiger partial charge in [0.2, 0.25) is 5.91 Å². The Bertz CT molecular complexity index is 1010. The van der Waals surface area contributed by atoms with Crippen molar-refractivity contribution in [2.45, 2.75) is 33.1 Å². The summed E-state index contributed by atoms with van der Waals surface area (Å²) in [5, 5.41) is 1.48. The molecular weight excluding hydrogens is 462 g/mol. The summed E-state index contributed by atoms with van der Waals surface area (Å²) in [6.07, 6.45) is 1.96. The van der Waals surface area contributed by atoms with E-state index in [9.17, 15) is 9.59 Å². The molecule has 2 aliphatic rings. The second-order valence-corrected chi connectivity index (χ2v) is 10.5. The first kappa shape index (κ1) is 24.0. The maximum absolute atomic E-state index is 13.4. The molecule has 0 unspecified atom stereocenters. The quantitative estimate of drug-likeness (QED) is 0.611. The fourth-order valence-corrected chi connectivity index (χ4v) is 5.67. The SMILES string of the molecule is Cc1nc(C)c(C(=O)N2CCC[C@](COc3cccc(Cl)c3)(CC(=O)N3CCOCC3)C2)s1. The lowest BCUT2D eigenvalue weighted by Gasteiger charge is -2.43. The highest BCUT2D eigenvalue weighted by Gasteiger charge is 2.41. The Morgan fingerprint density at radius 2 is 2.00 bits per heavy atom. The van der Waals surface area contributed by atoms with E-state index in [0.717, 1.165) is 23.5 Å². The normalized spacial score (nSPS) is 21.2. The van der Waals surface area contributed by atoms with E-state index in [4.69, 9.17) is 21.1 Å². The number of morpholine rings is 1. The van der Waals surface area contributed by atoms with Crippen molar-refractivity contribution < 1.29 is 19.1 Å². The van der Waals surface area contributed by atoms with Crippen molar-refractivity contribution in [1.82, 2.24) is 14.8 Å². The summed E-state index contributed by atoms with van der Waals surface area (Å²) in [6, 6.07) is 7.27. The molecule has 1 aromatic heterocycles. The maximum Gasteiger partial charge on any atom is 0.265 e. The van der Waals surface area contributed by atoms with Gasteiger partial charge in [-0.05, 0) is 44.9 Å². The molecule has 7 nitrogen and oxygen atoms in total. The van der Waals surface area contributed by atoms with E-state index in [-0.39, 0.29) is 11.8 Å². The Balaban J connectivity index is 1.54. The number of ether oxygens (including phenoxy) is 2. The molecule has 0 aliphatic carbocycles. The van der Waals surface area contributed by atoms with Crippen LogP contribution >= 0.6 is 22.9 Å². The summed E-state index contributed by atoms with van der Waals surface area (Å²) in [6.45, 7) is 7.59. The average molecular weight is 492 g/mol. The number of carbonyl (C=O) groups excluding carboxylic acids is 2. The summed E-state index contributed by atoms with van der Waals surface area (Å²) >= 11 is 7.55. The molecule has 0 spiro atoms. The third kappa shape index (κ3) is 5.86. The molecule has 2 amide bonds. The molecule has 33 heavy (non-hydrogen) atoms. The highest BCUT2D eigenvalue weighted by molar-refractivity contribution is 7.13. The molecule has 9 heteroatoms. The predicted octanol–water partition coefficient (Wildman–Crippen LogP) is 3.96. The van der Waals surface area contributed by atoms with Gasteiger partial charge in [0.1, 0.15) is 10.6 Å². The highest BCUT2D eigenvalue weighted by Crippen LogP contribution is 2.37. The lowest BCUT2D eigenvalue weighted by Crippen LogP contribution is -2.52. The van der Waals surface area contributed by atoms with E-state index in [0.29, 0.717) is 68.1 Å². The van der Waals surface area contributed by atoms with E-state index in [1.54, 1.807) is 12.1 Å². The number of aryl methyl sites for hydroxylation is 2. The Morgan fingerprint density at radius 1 is 1.21 bits per heavy atom. The number of aromatic nitrogens is 1. The minimum atomic E-state index is -0.473. The van der Waals surface area contributed by atoms with Crippen LogP contribution in [0.1, 0.15) is 39.6 Å². The van der Waals surface area contributed by atoms with E-state index in [1.165, 1.54) is 11.3 Å². The monoisotopic (exact) mass is 491 g/mol. The standard InChI is InChI=1S/C24H30ClN3O4S/c1-17-22(33-18(2)26-17)23(30)28-8-4-7-24(15-28,14-21(29)27-9-11-31-12-10-27)16-32-20-6-3-5-19(25)13-20/h3,5-6,13H,4,7-12,14-16H2,1-2H3/t24-/m0/s1. The largest absolute Gasteiger partial charge is 0.493 e. The van der Waals surface area contributed by atoms with Gasteiger partial charge in [-0.3, -0.25) is 9.59 Å². The van der Waals surface area contributed by atoms with Crippen molar-refractivity contribution >= 4 is 34.8 Å². The molecule has 0 bridgehead atoms. The molecule has 2 aromatic rings. The van der Waals surface area contributed by atoms with Crippen LogP contribution in [0.3, 0.4) is 0 Å². The molecule has 1 aromatic carbocycles. The lowest BCUT2D eigenvalue weighted by atomic mass is 9.77. The predicted molar refractivity (Wildman–Crippen MR) is 128 cm³/mol. The number of amides is 2. The number of rotatable bonds is 6. The van der Waals surface area contributed by atoms with Crippen LogP contribution < -0.4 is 4.74 Å². The topological polar surface area (TPSA) is 72.0 Å². The number of hydrogen-bond donors (Lipinski definition) is 0. The minimum Gasteiger partial charge on any atom is -0.493 e. The van der Waals surface area contributed by atoms with Gasteiger partial charge >= 0.3 is 0 Å². The first-order chi connectivity index (χ1) is 15.8. The van der Waals surface area contributed by atoms with E-state index < -0.39 is 5.41 Å². The first-order valence-corrected chi connectivity index (χ1v) is 12.5. The zero-order valence-corrected chi connectivity index (χ0v) is 20.7. The van der Waals surface area contributed by atoms with Crippen LogP contribution in [0.25, 0.3) is 0 Å². The number of piperidine rings is 1. The number of benzene rings is 1. The van der Waals surface area contributed by atoms with Gasteiger partial charge in [0.15, 0.2) is 0 Å². The summed E-state index contributed by atoms with van der Waals surface area (Å²) in [4.78, 5) is 35.4. The Hall–Kier alpha value is -2.16. The zero-order valence-electron chi connectivity index (χ0n) is 19.1. The molecule has 4 rings (SSSR count). The Kier molecular flexibility index (Phi) is 7.56. The average Bonchev–Trinajstić information content (AvgIpc) is 3.16. The molecular formula is C24H30ClN3O4S. The summed E-state index contributed by atoms with van der Waals surface area (Å²) < 4.78 is 11.6. The fourth-order valence-electron chi connectivity index (χ4n) is 4.61. The Labute approximate surface area is 203 Å². The third-order valence-corrected chi connectivity index (χ3v) is 7.57. The van der Waals surface area contributed by atoms with Crippen molar-refractivity contribution in [1.29, 1.82) is 0 Å². The van der Waals surface area contributed by atoms with Crippen LogP contribution in [0.2, 0.25) is 5.02 Å². The number of nitrogens with zero attached hydrogens (tertiary/aromatic N) is 3.